The van der Waals surface area contributed by atoms with Gasteiger partial charge in [0.05, 0.1) is 25.4 Å². The van der Waals surface area contributed by atoms with Crippen LogP contribution in [0.15, 0.2) is 36.5 Å². The predicted molar refractivity (Wildman–Crippen MR) is 259 cm³/mol. The van der Waals surface area contributed by atoms with Gasteiger partial charge in [0.15, 0.2) is 0 Å². The average molecular weight is 844 g/mol. The Balaban J connectivity index is 3.48. The number of rotatable bonds is 48. The second kappa shape index (κ2) is 49.7. The molecule has 0 aromatic rings. The summed E-state index contributed by atoms with van der Waals surface area (Å²) in [5.41, 5.74) is 0. The fourth-order valence-electron chi connectivity index (χ4n) is 7.83. The minimum Gasteiger partial charge on any atom is -0.466 e. The molecule has 60 heavy (non-hydrogen) atoms. The standard InChI is InChI=1S/C54H101NO5/c1-3-5-7-9-11-13-15-17-24-28-32-36-40-44-48-54(59)60-49-45-41-37-33-29-25-21-19-18-20-23-27-31-35-39-43-47-53(58)55-51(50-56)52(57)46-42-38-34-30-26-22-16-14-12-10-8-6-4-2/h9,11,15,17-18,20,51-52,56-57H,3-8,10,12-14,16,19,21-50H2,1-2H3,(H,55,58)/b11-9-,17-15-,20-18-. The van der Waals surface area contributed by atoms with E-state index in [4.69, 9.17) is 4.74 Å². The van der Waals surface area contributed by atoms with Gasteiger partial charge in [-0.3, -0.25) is 9.59 Å². The van der Waals surface area contributed by atoms with E-state index >= 15 is 0 Å². The van der Waals surface area contributed by atoms with Crippen LogP contribution < -0.4 is 5.32 Å². The van der Waals surface area contributed by atoms with Crippen molar-refractivity contribution in [1.82, 2.24) is 5.32 Å². The number of hydrogen-bond acceptors (Lipinski definition) is 5. The van der Waals surface area contributed by atoms with E-state index in [-0.39, 0.29) is 18.5 Å². The molecule has 0 bridgehead atoms. The van der Waals surface area contributed by atoms with E-state index < -0.39 is 12.1 Å². The molecule has 0 spiro atoms. The quantitative estimate of drug-likeness (QED) is 0.0322. The van der Waals surface area contributed by atoms with Crippen molar-refractivity contribution >= 4 is 11.9 Å². The normalized spacial score (nSPS) is 12.9. The molecule has 0 aliphatic carbocycles. The maximum absolute atomic E-state index is 12.4. The Bertz CT molecular complexity index is 977. The van der Waals surface area contributed by atoms with E-state index in [1.807, 2.05) is 0 Å². The van der Waals surface area contributed by atoms with Crippen LogP contribution in [0.2, 0.25) is 0 Å². The molecule has 0 aromatic carbocycles. The van der Waals surface area contributed by atoms with Gasteiger partial charge in [-0.25, -0.2) is 0 Å². The molecule has 352 valence electrons. The average Bonchev–Trinajstić information content (AvgIpc) is 3.25. The van der Waals surface area contributed by atoms with E-state index in [9.17, 15) is 19.8 Å². The van der Waals surface area contributed by atoms with E-state index in [0.29, 0.717) is 25.9 Å². The lowest BCUT2D eigenvalue weighted by Crippen LogP contribution is -2.45. The maximum Gasteiger partial charge on any atom is 0.305 e. The number of aliphatic hydroxyl groups excluding tert-OH is 2. The number of nitrogens with one attached hydrogen (secondary N) is 1. The number of carbonyl (C=O) groups excluding carboxylic acids is 2. The monoisotopic (exact) mass is 844 g/mol. The third-order valence-corrected chi connectivity index (χ3v) is 11.9. The highest BCUT2D eigenvalue weighted by Gasteiger charge is 2.20. The summed E-state index contributed by atoms with van der Waals surface area (Å²) in [6, 6.07) is -0.553. The van der Waals surface area contributed by atoms with Crippen molar-refractivity contribution in [2.75, 3.05) is 13.2 Å². The van der Waals surface area contributed by atoms with Gasteiger partial charge in [0, 0.05) is 12.8 Å². The first kappa shape index (κ1) is 58.1. The topological polar surface area (TPSA) is 95.9 Å². The molecule has 0 heterocycles. The fraction of sp³-hybridized carbons (Fsp3) is 0.852. The van der Waals surface area contributed by atoms with Crippen molar-refractivity contribution in [2.45, 2.75) is 283 Å². The van der Waals surface area contributed by atoms with Crippen molar-refractivity contribution in [3.8, 4) is 0 Å². The molecule has 0 rings (SSSR count). The molecule has 2 unspecified atom stereocenters. The molecule has 0 aliphatic rings. The van der Waals surface area contributed by atoms with E-state index in [1.165, 1.54) is 167 Å². The van der Waals surface area contributed by atoms with Crippen molar-refractivity contribution < 1.29 is 24.5 Å². The van der Waals surface area contributed by atoms with E-state index in [2.05, 4.69) is 55.6 Å². The molecule has 0 saturated heterocycles. The summed E-state index contributed by atoms with van der Waals surface area (Å²) in [5.74, 6) is -0.0714. The zero-order valence-corrected chi connectivity index (χ0v) is 39.9. The van der Waals surface area contributed by atoms with Gasteiger partial charge in [-0.2, -0.15) is 0 Å². The van der Waals surface area contributed by atoms with Gasteiger partial charge in [0.25, 0.3) is 0 Å². The lowest BCUT2D eigenvalue weighted by Gasteiger charge is -2.22. The highest BCUT2D eigenvalue weighted by atomic mass is 16.5. The summed E-state index contributed by atoms with van der Waals surface area (Å²) < 4.78 is 5.45. The summed E-state index contributed by atoms with van der Waals surface area (Å²) in [6.45, 7) is 4.87. The van der Waals surface area contributed by atoms with Crippen LogP contribution in [0.5, 0.6) is 0 Å². The third kappa shape index (κ3) is 45.6. The molecule has 3 N–H and O–H groups in total. The highest BCUT2D eigenvalue weighted by Crippen LogP contribution is 2.16. The molecular formula is C54H101NO5. The third-order valence-electron chi connectivity index (χ3n) is 11.9. The second-order valence-corrected chi connectivity index (χ2v) is 17.8. The molecule has 0 saturated carbocycles. The zero-order valence-electron chi connectivity index (χ0n) is 39.9. The zero-order chi connectivity index (χ0) is 43.7. The van der Waals surface area contributed by atoms with Gasteiger partial charge in [0.1, 0.15) is 0 Å². The minimum atomic E-state index is -0.674. The molecular weight excluding hydrogens is 743 g/mol. The van der Waals surface area contributed by atoms with Crippen LogP contribution in [0, 0.1) is 0 Å². The first-order valence-corrected chi connectivity index (χ1v) is 26.2. The SMILES string of the molecule is CCCC/C=C\C/C=C\CCCCCCCC(=O)OCCCCCCCCC/C=C\CCCCCCCC(=O)NC(CO)C(O)CCCCCCCCCCCCCCC. The van der Waals surface area contributed by atoms with Crippen molar-refractivity contribution in [3.63, 3.8) is 0 Å². The Hall–Kier alpha value is -1.92. The van der Waals surface area contributed by atoms with Crippen LogP contribution in [-0.2, 0) is 14.3 Å². The Morgan fingerprint density at radius 2 is 0.850 bits per heavy atom. The van der Waals surface area contributed by atoms with Gasteiger partial charge in [-0.1, -0.05) is 217 Å². The lowest BCUT2D eigenvalue weighted by atomic mass is 10.0. The van der Waals surface area contributed by atoms with E-state index in [1.54, 1.807) is 0 Å². The van der Waals surface area contributed by atoms with Crippen LogP contribution in [-0.4, -0.2) is 47.4 Å². The Labute approximate surface area is 373 Å². The minimum absolute atomic E-state index is 0.0180. The number of esters is 1. The number of hydrogen-bond donors (Lipinski definition) is 3. The van der Waals surface area contributed by atoms with Gasteiger partial charge < -0.3 is 20.3 Å². The van der Waals surface area contributed by atoms with Crippen molar-refractivity contribution in [2.24, 2.45) is 0 Å². The molecule has 0 radical (unpaired) electrons. The lowest BCUT2D eigenvalue weighted by molar-refractivity contribution is -0.143. The predicted octanol–water partition coefficient (Wildman–Crippen LogP) is 15.7. The molecule has 6 heteroatoms. The largest absolute Gasteiger partial charge is 0.466 e. The summed E-state index contributed by atoms with van der Waals surface area (Å²) in [7, 11) is 0. The van der Waals surface area contributed by atoms with Crippen LogP contribution in [0.25, 0.3) is 0 Å². The maximum atomic E-state index is 12.4. The summed E-state index contributed by atoms with van der Waals surface area (Å²) in [4.78, 5) is 24.4. The first-order valence-electron chi connectivity index (χ1n) is 26.2. The molecule has 0 aromatic heterocycles. The fourth-order valence-corrected chi connectivity index (χ4v) is 7.83. The summed E-state index contributed by atoms with van der Waals surface area (Å²) >= 11 is 0. The Morgan fingerprint density at radius 3 is 1.33 bits per heavy atom. The van der Waals surface area contributed by atoms with Crippen LogP contribution in [0.3, 0.4) is 0 Å². The highest BCUT2D eigenvalue weighted by molar-refractivity contribution is 5.76. The number of unbranched alkanes of at least 4 members (excludes halogenated alkanes) is 31. The van der Waals surface area contributed by atoms with Gasteiger partial charge in [-0.05, 0) is 77.0 Å². The van der Waals surface area contributed by atoms with Gasteiger partial charge >= 0.3 is 5.97 Å². The number of carbonyl (C=O) groups is 2. The number of ether oxygens (including phenoxy) is 1. The molecule has 0 fully saturated rings. The number of allylic oxidation sites excluding steroid dienone is 6. The molecule has 1 amide bonds. The van der Waals surface area contributed by atoms with Crippen LogP contribution in [0.1, 0.15) is 271 Å². The number of aliphatic hydroxyl groups is 2. The summed E-state index contributed by atoms with van der Waals surface area (Å²) in [6.07, 6.45) is 59.7. The molecule has 6 nitrogen and oxygen atoms in total. The van der Waals surface area contributed by atoms with Gasteiger partial charge in [-0.15, -0.1) is 0 Å². The molecule has 0 aliphatic heterocycles. The molecule has 2 atom stereocenters. The Morgan fingerprint density at radius 1 is 0.467 bits per heavy atom. The summed E-state index contributed by atoms with van der Waals surface area (Å²) in [5, 5.41) is 23.2. The van der Waals surface area contributed by atoms with Gasteiger partial charge in [0.2, 0.25) is 5.91 Å². The van der Waals surface area contributed by atoms with Crippen LogP contribution >= 0.6 is 0 Å². The van der Waals surface area contributed by atoms with E-state index in [0.717, 1.165) is 70.6 Å². The second-order valence-electron chi connectivity index (χ2n) is 17.8. The first-order chi connectivity index (χ1) is 29.5. The Kier molecular flexibility index (Phi) is 48.1. The number of amides is 1. The smallest absolute Gasteiger partial charge is 0.305 e. The van der Waals surface area contributed by atoms with Crippen LogP contribution in [0.4, 0.5) is 0 Å². The van der Waals surface area contributed by atoms with Crippen molar-refractivity contribution in [1.29, 1.82) is 0 Å². The van der Waals surface area contributed by atoms with Crippen molar-refractivity contribution in [3.05, 3.63) is 36.5 Å².